The first kappa shape index (κ1) is 10.8. The molecule has 0 aliphatic carbocycles. The SMILES string of the molecule is COC(=O)c1cc(F)c(F)c(F)c1Cl. The fraction of sp³-hybridized carbons (Fsp3) is 0.125. The Morgan fingerprint density at radius 3 is 2.43 bits per heavy atom. The highest BCUT2D eigenvalue weighted by Crippen LogP contribution is 2.25. The number of benzene rings is 1. The highest BCUT2D eigenvalue weighted by atomic mass is 35.5. The maximum absolute atomic E-state index is 12.8. The molecule has 0 N–H and O–H groups in total. The smallest absolute Gasteiger partial charge is 0.339 e. The van der Waals surface area contributed by atoms with Crippen LogP contribution in [-0.4, -0.2) is 13.1 Å². The van der Waals surface area contributed by atoms with Crippen LogP contribution in [0.2, 0.25) is 5.02 Å². The average Bonchev–Trinajstić information content (AvgIpc) is 2.19. The number of methoxy groups -OCH3 is 1. The van der Waals surface area contributed by atoms with Crippen LogP contribution in [0.25, 0.3) is 0 Å². The number of hydrogen-bond donors (Lipinski definition) is 0. The summed E-state index contributed by atoms with van der Waals surface area (Å²) < 4.78 is 42.2. The van der Waals surface area contributed by atoms with E-state index >= 15 is 0 Å². The molecule has 0 aliphatic heterocycles. The van der Waals surface area contributed by atoms with Gasteiger partial charge in [-0.2, -0.15) is 0 Å². The van der Waals surface area contributed by atoms with Crippen molar-refractivity contribution in [2.75, 3.05) is 7.11 Å². The number of halogens is 4. The molecule has 14 heavy (non-hydrogen) atoms. The zero-order valence-electron chi connectivity index (χ0n) is 6.91. The van der Waals surface area contributed by atoms with E-state index in [2.05, 4.69) is 4.74 Å². The van der Waals surface area contributed by atoms with E-state index < -0.39 is 34.0 Å². The van der Waals surface area contributed by atoms with Crippen LogP contribution in [0.3, 0.4) is 0 Å². The molecule has 0 atom stereocenters. The highest BCUT2D eigenvalue weighted by Gasteiger charge is 2.21. The van der Waals surface area contributed by atoms with Crippen molar-refractivity contribution in [2.24, 2.45) is 0 Å². The second kappa shape index (κ2) is 3.88. The summed E-state index contributed by atoms with van der Waals surface area (Å²) in [5.41, 5.74) is -0.550. The summed E-state index contributed by atoms with van der Waals surface area (Å²) in [5, 5.41) is -0.796. The number of rotatable bonds is 1. The summed E-state index contributed by atoms with van der Waals surface area (Å²) >= 11 is 5.26. The minimum atomic E-state index is -1.72. The highest BCUT2D eigenvalue weighted by molar-refractivity contribution is 6.33. The summed E-state index contributed by atoms with van der Waals surface area (Å²) in [6, 6.07) is 0.479. The van der Waals surface area contributed by atoms with Gasteiger partial charge >= 0.3 is 5.97 Å². The molecule has 1 aromatic carbocycles. The number of esters is 1. The topological polar surface area (TPSA) is 26.3 Å². The molecule has 0 bridgehead atoms. The number of carbonyl (C=O) groups is 1. The van der Waals surface area contributed by atoms with Crippen molar-refractivity contribution in [1.82, 2.24) is 0 Å². The quantitative estimate of drug-likeness (QED) is 0.416. The molecule has 0 radical (unpaired) electrons. The van der Waals surface area contributed by atoms with Gasteiger partial charge in [-0.1, -0.05) is 11.6 Å². The zero-order chi connectivity index (χ0) is 10.9. The van der Waals surface area contributed by atoms with E-state index in [1.54, 1.807) is 0 Å². The Morgan fingerprint density at radius 1 is 1.36 bits per heavy atom. The van der Waals surface area contributed by atoms with Crippen LogP contribution in [0.15, 0.2) is 6.07 Å². The van der Waals surface area contributed by atoms with Crippen molar-refractivity contribution >= 4 is 17.6 Å². The molecule has 0 fully saturated rings. The third kappa shape index (κ3) is 1.68. The summed E-state index contributed by atoms with van der Waals surface area (Å²) in [6.45, 7) is 0. The van der Waals surface area contributed by atoms with Gasteiger partial charge < -0.3 is 4.74 Å². The Kier molecular flexibility index (Phi) is 3.00. The van der Waals surface area contributed by atoms with Gasteiger partial charge in [-0.25, -0.2) is 18.0 Å². The molecule has 0 saturated heterocycles. The number of carbonyl (C=O) groups excluding carboxylic acids is 1. The molecule has 2 nitrogen and oxygen atoms in total. The lowest BCUT2D eigenvalue weighted by Gasteiger charge is -2.04. The summed E-state index contributed by atoms with van der Waals surface area (Å²) in [7, 11) is 1.01. The van der Waals surface area contributed by atoms with Gasteiger partial charge in [-0.15, -0.1) is 0 Å². The van der Waals surface area contributed by atoms with Crippen LogP contribution in [0.1, 0.15) is 10.4 Å². The molecule has 0 spiro atoms. The fourth-order valence-electron chi connectivity index (χ4n) is 0.831. The molecule has 0 unspecified atom stereocenters. The largest absolute Gasteiger partial charge is 0.465 e. The summed E-state index contributed by atoms with van der Waals surface area (Å²) in [6.07, 6.45) is 0. The Balaban J connectivity index is 3.40. The van der Waals surface area contributed by atoms with E-state index in [0.717, 1.165) is 7.11 Å². The zero-order valence-corrected chi connectivity index (χ0v) is 7.66. The van der Waals surface area contributed by atoms with Crippen molar-refractivity contribution in [2.45, 2.75) is 0 Å². The molecule has 0 saturated carbocycles. The van der Waals surface area contributed by atoms with E-state index in [4.69, 9.17) is 11.6 Å². The van der Waals surface area contributed by atoms with Crippen LogP contribution >= 0.6 is 11.6 Å². The van der Waals surface area contributed by atoms with Gasteiger partial charge in [0, 0.05) is 0 Å². The molecule has 0 heterocycles. The fourth-order valence-corrected chi connectivity index (χ4v) is 1.05. The van der Waals surface area contributed by atoms with E-state index in [9.17, 15) is 18.0 Å². The van der Waals surface area contributed by atoms with E-state index in [0.29, 0.717) is 6.07 Å². The van der Waals surface area contributed by atoms with Crippen LogP contribution in [0.4, 0.5) is 13.2 Å². The lowest BCUT2D eigenvalue weighted by Crippen LogP contribution is -2.06. The monoisotopic (exact) mass is 224 g/mol. The molecular formula is C8H4ClF3O2. The second-order valence-electron chi connectivity index (χ2n) is 2.34. The molecular weight excluding hydrogens is 221 g/mol. The van der Waals surface area contributed by atoms with Crippen LogP contribution < -0.4 is 0 Å². The summed E-state index contributed by atoms with van der Waals surface area (Å²) in [5.74, 6) is -5.85. The molecule has 0 amide bonds. The second-order valence-corrected chi connectivity index (χ2v) is 2.72. The van der Waals surface area contributed by atoms with Crippen molar-refractivity contribution in [1.29, 1.82) is 0 Å². The average molecular weight is 225 g/mol. The van der Waals surface area contributed by atoms with Crippen molar-refractivity contribution in [3.05, 3.63) is 34.1 Å². The lowest BCUT2D eigenvalue weighted by molar-refractivity contribution is 0.0599. The van der Waals surface area contributed by atoms with E-state index in [1.807, 2.05) is 0 Å². The summed E-state index contributed by atoms with van der Waals surface area (Å²) in [4.78, 5) is 10.9. The minimum Gasteiger partial charge on any atom is -0.465 e. The molecule has 6 heteroatoms. The third-order valence-electron chi connectivity index (χ3n) is 1.51. The normalized spacial score (nSPS) is 10.1. The Morgan fingerprint density at radius 2 is 1.93 bits per heavy atom. The molecule has 0 aromatic heterocycles. The van der Waals surface area contributed by atoms with Crippen LogP contribution in [0.5, 0.6) is 0 Å². The van der Waals surface area contributed by atoms with Crippen molar-refractivity contribution < 1.29 is 22.7 Å². The Hall–Kier alpha value is -1.23. The minimum absolute atomic E-state index is 0.479. The number of ether oxygens (including phenoxy) is 1. The van der Waals surface area contributed by atoms with E-state index in [-0.39, 0.29) is 0 Å². The first-order chi connectivity index (χ1) is 6.49. The standard InChI is InChI=1S/C8H4ClF3O2/c1-14-8(13)3-2-4(10)6(11)7(12)5(3)9/h2H,1H3. The molecule has 1 rings (SSSR count). The molecule has 76 valence electrons. The maximum atomic E-state index is 12.8. The van der Waals surface area contributed by atoms with Gasteiger partial charge in [0.2, 0.25) is 0 Å². The predicted molar refractivity (Wildman–Crippen MR) is 42.7 cm³/mol. The predicted octanol–water partition coefficient (Wildman–Crippen LogP) is 2.54. The Bertz CT molecular complexity index is 393. The Labute approximate surface area is 82.2 Å². The van der Waals surface area contributed by atoms with Crippen molar-refractivity contribution in [3.63, 3.8) is 0 Å². The number of hydrogen-bond acceptors (Lipinski definition) is 2. The van der Waals surface area contributed by atoms with Gasteiger partial charge in [0.05, 0.1) is 17.7 Å². The van der Waals surface area contributed by atoms with Gasteiger partial charge in [0.1, 0.15) is 0 Å². The van der Waals surface area contributed by atoms with Gasteiger partial charge in [0.15, 0.2) is 17.5 Å². The molecule has 0 aliphatic rings. The third-order valence-corrected chi connectivity index (χ3v) is 1.88. The van der Waals surface area contributed by atoms with E-state index in [1.165, 1.54) is 0 Å². The first-order valence-electron chi connectivity index (χ1n) is 3.40. The lowest BCUT2D eigenvalue weighted by atomic mass is 10.2. The van der Waals surface area contributed by atoms with Gasteiger partial charge in [-0.3, -0.25) is 0 Å². The van der Waals surface area contributed by atoms with Gasteiger partial charge in [0.25, 0.3) is 0 Å². The van der Waals surface area contributed by atoms with Gasteiger partial charge in [-0.05, 0) is 6.07 Å². The van der Waals surface area contributed by atoms with Crippen molar-refractivity contribution in [3.8, 4) is 0 Å². The maximum Gasteiger partial charge on any atom is 0.339 e. The first-order valence-corrected chi connectivity index (χ1v) is 3.78. The molecule has 1 aromatic rings. The van der Waals surface area contributed by atoms with Crippen LogP contribution in [-0.2, 0) is 4.74 Å². The van der Waals surface area contributed by atoms with Crippen LogP contribution in [0, 0.1) is 17.5 Å².